The van der Waals surface area contributed by atoms with Gasteiger partial charge in [0.1, 0.15) is 5.82 Å². The van der Waals surface area contributed by atoms with E-state index in [1.165, 1.54) is 13.0 Å². The molecule has 0 spiro atoms. The Morgan fingerprint density at radius 1 is 1.59 bits per heavy atom. The van der Waals surface area contributed by atoms with E-state index in [1.54, 1.807) is 12.1 Å². The molecule has 0 aliphatic rings. The highest BCUT2D eigenvalue weighted by atomic mass is 79.9. The van der Waals surface area contributed by atoms with Crippen molar-refractivity contribution in [2.45, 2.75) is 12.7 Å². The summed E-state index contributed by atoms with van der Waals surface area (Å²) in [5.74, 6) is -1.64. The van der Waals surface area contributed by atoms with Gasteiger partial charge in [0.25, 0.3) is 0 Å². The summed E-state index contributed by atoms with van der Waals surface area (Å²) in [5.41, 5.74) is 0.717. The molecule has 94 valence electrons. The standard InChI is InChI=1S/C11H12BrFO3S/c1-7(11(14)15)5-17(16)6-8-2-3-10(13)9(12)4-8/h2-4,7H,5-6H2,1H3,(H,14,15). The molecule has 0 bridgehead atoms. The van der Waals surface area contributed by atoms with Gasteiger partial charge < -0.3 is 5.11 Å². The maximum absolute atomic E-state index is 13.0. The SMILES string of the molecule is CC(CS(=O)Cc1ccc(F)c(Br)c1)C(=O)O. The number of halogens is 2. The number of carboxylic acids is 1. The molecule has 2 atom stereocenters. The molecule has 0 fully saturated rings. The van der Waals surface area contributed by atoms with Gasteiger partial charge in [-0.1, -0.05) is 13.0 Å². The zero-order valence-corrected chi connectivity index (χ0v) is 11.6. The number of hydrogen-bond acceptors (Lipinski definition) is 2. The molecule has 0 saturated heterocycles. The van der Waals surface area contributed by atoms with Crippen LogP contribution in [0.25, 0.3) is 0 Å². The van der Waals surface area contributed by atoms with Gasteiger partial charge in [0, 0.05) is 22.3 Å². The van der Waals surface area contributed by atoms with E-state index in [1.807, 2.05) is 0 Å². The van der Waals surface area contributed by atoms with Crippen molar-refractivity contribution in [3.8, 4) is 0 Å². The maximum atomic E-state index is 13.0. The highest BCUT2D eigenvalue weighted by Crippen LogP contribution is 2.18. The summed E-state index contributed by atoms with van der Waals surface area (Å²) in [6, 6.07) is 4.39. The Labute approximate surface area is 110 Å². The van der Waals surface area contributed by atoms with E-state index in [2.05, 4.69) is 15.9 Å². The lowest BCUT2D eigenvalue weighted by Crippen LogP contribution is -2.18. The fourth-order valence-electron chi connectivity index (χ4n) is 1.22. The van der Waals surface area contributed by atoms with E-state index in [9.17, 15) is 13.4 Å². The molecule has 6 heteroatoms. The van der Waals surface area contributed by atoms with Gasteiger partial charge in [-0.15, -0.1) is 0 Å². The van der Waals surface area contributed by atoms with Crippen LogP contribution in [0.15, 0.2) is 22.7 Å². The first-order chi connectivity index (χ1) is 7.90. The van der Waals surface area contributed by atoms with Crippen molar-refractivity contribution >= 4 is 32.7 Å². The Bertz CT molecular complexity index is 450. The zero-order valence-electron chi connectivity index (χ0n) is 9.15. The number of aliphatic carboxylic acids is 1. The quantitative estimate of drug-likeness (QED) is 0.906. The smallest absolute Gasteiger partial charge is 0.307 e. The fraction of sp³-hybridized carbons (Fsp3) is 0.364. The molecule has 17 heavy (non-hydrogen) atoms. The Hall–Kier alpha value is -0.750. The Morgan fingerprint density at radius 2 is 2.24 bits per heavy atom. The second-order valence-corrected chi connectivity index (χ2v) is 6.09. The second-order valence-electron chi connectivity index (χ2n) is 3.74. The van der Waals surface area contributed by atoms with Crippen LogP contribution < -0.4 is 0 Å². The summed E-state index contributed by atoms with van der Waals surface area (Å²) >= 11 is 3.04. The van der Waals surface area contributed by atoms with Gasteiger partial charge in [0.05, 0.1) is 10.4 Å². The minimum atomic E-state index is -1.26. The van der Waals surface area contributed by atoms with E-state index in [0.717, 1.165) is 0 Å². The number of carboxylic acid groups (broad SMARTS) is 1. The van der Waals surface area contributed by atoms with E-state index in [4.69, 9.17) is 5.11 Å². The van der Waals surface area contributed by atoms with Gasteiger partial charge in [-0.2, -0.15) is 0 Å². The average Bonchev–Trinajstić information content (AvgIpc) is 2.23. The molecule has 0 amide bonds. The first-order valence-electron chi connectivity index (χ1n) is 4.92. The van der Waals surface area contributed by atoms with Crippen LogP contribution in [0.5, 0.6) is 0 Å². The van der Waals surface area contributed by atoms with Gasteiger partial charge in [-0.05, 0) is 33.6 Å². The second kappa shape index (κ2) is 6.26. The summed E-state index contributed by atoms with van der Waals surface area (Å²) in [6.07, 6.45) is 0. The Morgan fingerprint density at radius 3 is 2.76 bits per heavy atom. The first kappa shape index (κ1) is 14.3. The third-order valence-corrected chi connectivity index (χ3v) is 4.30. The molecule has 1 aromatic carbocycles. The normalized spacial score (nSPS) is 14.3. The largest absolute Gasteiger partial charge is 0.481 e. The molecule has 1 rings (SSSR count). The summed E-state index contributed by atoms with van der Waals surface area (Å²) in [5, 5.41) is 8.69. The van der Waals surface area contributed by atoms with E-state index >= 15 is 0 Å². The molecule has 0 saturated carbocycles. The monoisotopic (exact) mass is 322 g/mol. The van der Waals surface area contributed by atoms with Crippen LogP contribution in [-0.4, -0.2) is 21.0 Å². The van der Waals surface area contributed by atoms with Crippen LogP contribution in [0.1, 0.15) is 12.5 Å². The molecule has 0 heterocycles. The average molecular weight is 323 g/mol. The summed E-state index contributed by atoms with van der Waals surface area (Å²) in [4.78, 5) is 10.6. The molecule has 0 aliphatic carbocycles. The predicted molar refractivity (Wildman–Crippen MR) is 67.6 cm³/mol. The number of rotatable bonds is 5. The van der Waals surface area contributed by atoms with Crippen LogP contribution in [0.3, 0.4) is 0 Å². The molecule has 2 unspecified atom stereocenters. The zero-order chi connectivity index (χ0) is 13.0. The lowest BCUT2D eigenvalue weighted by molar-refractivity contribution is -0.140. The third-order valence-electron chi connectivity index (χ3n) is 2.17. The number of benzene rings is 1. The van der Waals surface area contributed by atoms with Crippen LogP contribution in [0.4, 0.5) is 4.39 Å². The summed E-state index contributed by atoms with van der Waals surface area (Å²) in [7, 11) is -1.26. The minimum Gasteiger partial charge on any atom is -0.481 e. The lowest BCUT2D eigenvalue weighted by Gasteiger charge is -2.06. The van der Waals surface area contributed by atoms with Gasteiger partial charge >= 0.3 is 5.97 Å². The van der Waals surface area contributed by atoms with E-state index in [0.29, 0.717) is 10.0 Å². The predicted octanol–water partition coefficient (Wildman–Crippen LogP) is 2.56. The van der Waals surface area contributed by atoms with Crippen molar-refractivity contribution in [1.29, 1.82) is 0 Å². The van der Waals surface area contributed by atoms with E-state index in [-0.39, 0.29) is 17.3 Å². The first-order valence-corrected chi connectivity index (χ1v) is 7.20. The molecule has 3 nitrogen and oxygen atoms in total. The molecule has 1 N–H and O–H groups in total. The molecule has 0 radical (unpaired) electrons. The van der Waals surface area contributed by atoms with Crippen molar-refractivity contribution in [2.24, 2.45) is 5.92 Å². The summed E-state index contributed by atoms with van der Waals surface area (Å²) < 4.78 is 24.9. The van der Waals surface area contributed by atoms with Crippen LogP contribution >= 0.6 is 15.9 Å². The topological polar surface area (TPSA) is 54.4 Å². The highest BCUT2D eigenvalue weighted by molar-refractivity contribution is 9.10. The maximum Gasteiger partial charge on any atom is 0.307 e. The number of carbonyl (C=O) groups is 1. The van der Waals surface area contributed by atoms with Crippen molar-refractivity contribution in [3.63, 3.8) is 0 Å². The molecule has 0 aromatic heterocycles. The van der Waals surface area contributed by atoms with Crippen molar-refractivity contribution in [1.82, 2.24) is 0 Å². The molecule has 0 aliphatic heterocycles. The van der Waals surface area contributed by atoms with Gasteiger partial charge in [0.15, 0.2) is 0 Å². The fourth-order valence-corrected chi connectivity index (χ4v) is 3.02. The third kappa shape index (κ3) is 4.55. The van der Waals surface area contributed by atoms with Gasteiger partial charge in [-0.3, -0.25) is 9.00 Å². The van der Waals surface area contributed by atoms with Crippen LogP contribution in [0.2, 0.25) is 0 Å². The minimum absolute atomic E-state index is 0.102. The number of hydrogen-bond donors (Lipinski definition) is 1. The van der Waals surface area contributed by atoms with Gasteiger partial charge in [-0.25, -0.2) is 4.39 Å². The van der Waals surface area contributed by atoms with Crippen LogP contribution in [-0.2, 0) is 21.3 Å². The lowest BCUT2D eigenvalue weighted by atomic mass is 10.2. The Balaban J connectivity index is 2.62. The molecular weight excluding hydrogens is 311 g/mol. The molecular formula is C11H12BrFO3S. The highest BCUT2D eigenvalue weighted by Gasteiger charge is 2.15. The van der Waals surface area contributed by atoms with Gasteiger partial charge in [0.2, 0.25) is 0 Å². The molecule has 1 aromatic rings. The van der Waals surface area contributed by atoms with Crippen molar-refractivity contribution in [2.75, 3.05) is 5.75 Å². The summed E-state index contributed by atoms with van der Waals surface area (Å²) in [6.45, 7) is 1.51. The van der Waals surface area contributed by atoms with Crippen molar-refractivity contribution < 1.29 is 18.5 Å². The van der Waals surface area contributed by atoms with Crippen LogP contribution in [0, 0.1) is 11.7 Å². The Kier molecular flexibility index (Phi) is 5.27. The van der Waals surface area contributed by atoms with Crippen molar-refractivity contribution in [3.05, 3.63) is 34.1 Å². The van der Waals surface area contributed by atoms with E-state index < -0.39 is 22.7 Å².